The van der Waals surface area contributed by atoms with E-state index in [2.05, 4.69) is 20.9 Å². The second kappa shape index (κ2) is 5.07. The SMILES string of the molecule is CC(=O)Nc1cn(CC2CCNCC2)nn1. The van der Waals surface area contributed by atoms with Crippen LogP contribution in [0.4, 0.5) is 5.82 Å². The lowest BCUT2D eigenvalue weighted by Crippen LogP contribution is -2.30. The lowest BCUT2D eigenvalue weighted by molar-refractivity contribution is -0.114. The van der Waals surface area contributed by atoms with Gasteiger partial charge in [-0.25, -0.2) is 0 Å². The number of nitrogens with zero attached hydrogens (tertiary/aromatic N) is 3. The van der Waals surface area contributed by atoms with E-state index in [0.717, 1.165) is 19.6 Å². The van der Waals surface area contributed by atoms with E-state index in [1.165, 1.54) is 19.8 Å². The zero-order valence-electron chi connectivity index (χ0n) is 9.44. The highest BCUT2D eigenvalue weighted by atomic mass is 16.1. The van der Waals surface area contributed by atoms with Gasteiger partial charge in [0.05, 0.1) is 6.20 Å². The lowest BCUT2D eigenvalue weighted by atomic mass is 9.98. The summed E-state index contributed by atoms with van der Waals surface area (Å²) < 4.78 is 1.81. The van der Waals surface area contributed by atoms with Gasteiger partial charge in [0.1, 0.15) is 0 Å². The van der Waals surface area contributed by atoms with Crippen molar-refractivity contribution in [3.63, 3.8) is 0 Å². The van der Waals surface area contributed by atoms with E-state index in [1.54, 1.807) is 10.9 Å². The van der Waals surface area contributed by atoms with Crippen LogP contribution in [0, 0.1) is 5.92 Å². The number of amides is 1. The maximum atomic E-state index is 10.8. The first-order valence-electron chi connectivity index (χ1n) is 5.62. The molecule has 6 heteroatoms. The Morgan fingerprint density at radius 2 is 2.38 bits per heavy atom. The average Bonchev–Trinajstić information content (AvgIpc) is 2.66. The summed E-state index contributed by atoms with van der Waals surface area (Å²) in [7, 11) is 0. The number of piperidine rings is 1. The van der Waals surface area contributed by atoms with Crippen molar-refractivity contribution in [2.75, 3.05) is 18.4 Å². The van der Waals surface area contributed by atoms with Crippen LogP contribution in [0.25, 0.3) is 0 Å². The van der Waals surface area contributed by atoms with E-state index < -0.39 is 0 Å². The fourth-order valence-electron chi connectivity index (χ4n) is 1.95. The average molecular weight is 223 g/mol. The smallest absolute Gasteiger partial charge is 0.222 e. The van der Waals surface area contributed by atoms with Gasteiger partial charge in [-0.15, -0.1) is 5.10 Å². The Labute approximate surface area is 94.4 Å². The molecule has 0 atom stereocenters. The molecule has 88 valence electrons. The maximum Gasteiger partial charge on any atom is 0.222 e. The van der Waals surface area contributed by atoms with Gasteiger partial charge < -0.3 is 10.6 Å². The third-order valence-corrected chi connectivity index (χ3v) is 2.75. The first kappa shape index (κ1) is 11.1. The third-order valence-electron chi connectivity index (χ3n) is 2.75. The first-order valence-corrected chi connectivity index (χ1v) is 5.62. The van der Waals surface area contributed by atoms with E-state index in [4.69, 9.17) is 0 Å². The molecule has 0 aromatic carbocycles. The topological polar surface area (TPSA) is 71.8 Å². The van der Waals surface area contributed by atoms with Crippen LogP contribution in [-0.4, -0.2) is 34.0 Å². The van der Waals surface area contributed by atoms with Gasteiger partial charge in [0.15, 0.2) is 5.82 Å². The second-order valence-corrected chi connectivity index (χ2v) is 4.20. The van der Waals surface area contributed by atoms with E-state index in [1.807, 2.05) is 0 Å². The summed E-state index contributed by atoms with van der Waals surface area (Å²) in [6.45, 7) is 4.51. The van der Waals surface area contributed by atoms with E-state index >= 15 is 0 Å². The Morgan fingerprint density at radius 1 is 1.62 bits per heavy atom. The van der Waals surface area contributed by atoms with Gasteiger partial charge in [-0.05, 0) is 31.8 Å². The molecule has 1 aromatic rings. The predicted molar refractivity (Wildman–Crippen MR) is 59.9 cm³/mol. The van der Waals surface area contributed by atoms with Gasteiger partial charge >= 0.3 is 0 Å². The molecule has 1 aliphatic rings. The lowest BCUT2D eigenvalue weighted by Gasteiger charge is -2.21. The van der Waals surface area contributed by atoms with Crippen molar-refractivity contribution in [2.24, 2.45) is 5.92 Å². The predicted octanol–water partition coefficient (Wildman–Crippen LogP) is 0.236. The minimum atomic E-state index is -0.117. The molecular weight excluding hydrogens is 206 g/mol. The summed E-state index contributed by atoms with van der Waals surface area (Å²) in [5.41, 5.74) is 0. The quantitative estimate of drug-likeness (QED) is 0.769. The van der Waals surface area contributed by atoms with Crippen molar-refractivity contribution in [1.82, 2.24) is 20.3 Å². The Hall–Kier alpha value is -1.43. The number of aromatic nitrogens is 3. The van der Waals surface area contributed by atoms with Crippen LogP contribution in [0.2, 0.25) is 0 Å². The van der Waals surface area contributed by atoms with Crippen molar-refractivity contribution < 1.29 is 4.79 Å². The van der Waals surface area contributed by atoms with Crippen molar-refractivity contribution >= 4 is 11.7 Å². The molecule has 0 bridgehead atoms. The summed E-state index contributed by atoms with van der Waals surface area (Å²) in [4.78, 5) is 10.8. The van der Waals surface area contributed by atoms with Crippen molar-refractivity contribution in [3.05, 3.63) is 6.20 Å². The summed E-state index contributed by atoms with van der Waals surface area (Å²) in [6.07, 6.45) is 4.13. The molecule has 0 spiro atoms. The number of rotatable bonds is 3. The molecule has 1 aromatic heterocycles. The van der Waals surface area contributed by atoms with Crippen LogP contribution in [-0.2, 0) is 11.3 Å². The highest BCUT2D eigenvalue weighted by molar-refractivity contribution is 5.87. The van der Waals surface area contributed by atoms with Gasteiger partial charge in [0.25, 0.3) is 0 Å². The molecule has 6 nitrogen and oxygen atoms in total. The molecule has 0 unspecified atom stereocenters. The molecule has 0 aliphatic carbocycles. The van der Waals surface area contributed by atoms with E-state index in [9.17, 15) is 4.79 Å². The normalized spacial score (nSPS) is 17.3. The number of carbonyl (C=O) groups is 1. The number of hydrogen-bond donors (Lipinski definition) is 2. The Kier molecular flexibility index (Phi) is 3.51. The minimum Gasteiger partial charge on any atom is -0.317 e. The van der Waals surface area contributed by atoms with E-state index in [0.29, 0.717) is 11.7 Å². The maximum absolute atomic E-state index is 10.8. The number of carbonyl (C=O) groups excluding carboxylic acids is 1. The van der Waals surface area contributed by atoms with Crippen LogP contribution in [0.1, 0.15) is 19.8 Å². The zero-order valence-corrected chi connectivity index (χ0v) is 9.44. The van der Waals surface area contributed by atoms with Crippen molar-refractivity contribution in [2.45, 2.75) is 26.3 Å². The molecule has 0 saturated carbocycles. The molecule has 1 saturated heterocycles. The molecule has 0 radical (unpaired) electrons. The first-order chi connectivity index (χ1) is 7.74. The Morgan fingerprint density at radius 3 is 3.06 bits per heavy atom. The molecule has 2 heterocycles. The summed E-state index contributed by atoms with van der Waals surface area (Å²) in [6, 6.07) is 0. The molecular formula is C10H17N5O. The van der Waals surface area contributed by atoms with Gasteiger partial charge in [-0.3, -0.25) is 9.48 Å². The summed E-state index contributed by atoms with van der Waals surface area (Å²) >= 11 is 0. The van der Waals surface area contributed by atoms with E-state index in [-0.39, 0.29) is 5.91 Å². The van der Waals surface area contributed by atoms with Crippen LogP contribution in [0.5, 0.6) is 0 Å². The van der Waals surface area contributed by atoms with Crippen molar-refractivity contribution in [1.29, 1.82) is 0 Å². The fraction of sp³-hybridized carbons (Fsp3) is 0.700. The summed E-state index contributed by atoms with van der Waals surface area (Å²) in [5, 5.41) is 13.8. The molecule has 1 amide bonds. The number of anilines is 1. The van der Waals surface area contributed by atoms with Crippen LogP contribution >= 0.6 is 0 Å². The zero-order chi connectivity index (χ0) is 11.4. The third kappa shape index (κ3) is 3.03. The van der Waals surface area contributed by atoms with Gasteiger partial charge in [-0.1, -0.05) is 5.21 Å². The largest absolute Gasteiger partial charge is 0.317 e. The monoisotopic (exact) mass is 223 g/mol. The molecule has 2 N–H and O–H groups in total. The van der Waals surface area contributed by atoms with Crippen LogP contribution in [0.3, 0.4) is 0 Å². The number of hydrogen-bond acceptors (Lipinski definition) is 4. The summed E-state index contributed by atoms with van der Waals surface area (Å²) in [5.74, 6) is 1.07. The second-order valence-electron chi connectivity index (χ2n) is 4.20. The minimum absolute atomic E-state index is 0.117. The van der Waals surface area contributed by atoms with Gasteiger partial charge in [0.2, 0.25) is 5.91 Å². The van der Waals surface area contributed by atoms with Crippen molar-refractivity contribution in [3.8, 4) is 0 Å². The molecule has 2 rings (SSSR count). The highest BCUT2D eigenvalue weighted by Gasteiger charge is 2.14. The van der Waals surface area contributed by atoms with Crippen LogP contribution in [0.15, 0.2) is 6.20 Å². The molecule has 1 aliphatic heterocycles. The highest BCUT2D eigenvalue weighted by Crippen LogP contribution is 2.14. The van der Waals surface area contributed by atoms with Gasteiger partial charge in [0, 0.05) is 13.5 Å². The molecule has 1 fully saturated rings. The number of nitrogens with one attached hydrogen (secondary N) is 2. The fourth-order valence-corrected chi connectivity index (χ4v) is 1.95. The Bertz CT molecular complexity index is 356. The molecule has 16 heavy (non-hydrogen) atoms. The Balaban J connectivity index is 1.88. The standard InChI is InChI=1S/C10H17N5O/c1-8(16)12-10-7-15(14-13-10)6-9-2-4-11-5-3-9/h7,9,11H,2-6H2,1H3,(H,12,16). The van der Waals surface area contributed by atoms with Crippen LogP contribution < -0.4 is 10.6 Å². The van der Waals surface area contributed by atoms with Gasteiger partial charge in [-0.2, -0.15) is 0 Å².